The molecule has 1 rings (SSSR count). The fourth-order valence-electron chi connectivity index (χ4n) is 1.76. The van der Waals surface area contributed by atoms with E-state index in [9.17, 15) is 4.79 Å². The van der Waals surface area contributed by atoms with Crippen LogP contribution in [0.5, 0.6) is 0 Å². The Kier molecular flexibility index (Phi) is 7.74. The first-order valence-corrected chi connectivity index (χ1v) is 6.74. The first kappa shape index (κ1) is 16.5. The van der Waals surface area contributed by atoms with Crippen LogP contribution in [0, 0.1) is 0 Å². The number of methoxy groups -OCH3 is 2. The Morgan fingerprint density at radius 3 is 2.80 bits per heavy atom. The smallest absolute Gasteiger partial charge is 0.306 e. The third-order valence-corrected chi connectivity index (χ3v) is 2.88. The maximum Gasteiger partial charge on any atom is 0.306 e. The van der Waals surface area contributed by atoms with Crippen LogP contribution in [-0.2, 0) is 27.4 Å². The molecule has 20 heavy (non-hydrogen) atoms. The van der Waals surface area contributed by atoms with Crippen LogP contribution in [-0.4, -0.2) is 65.0 Å². The molecule has 0 saturated heterocycles. The van der Waals surface area contributed by atoms with Gasteiger partial charge >= 0.3 is 5.97 Å². The molecule has 0 N–H and O–H groups in total. The van der Waals surface area contributed by atoms with Gasteiger partial charge in [0, 0.05) is 26.7 Å². The molecular formula is C12H23N5O3. The molecule has 0 aliphatic rings. The van der Waals surface area contributed by atoms with E-state index in [1.54, 1.807) is 11.8 Å². The molecule has 0 aromatic carbocycles. The normalized spacial score (nSPS) is 11.0. The SMILES string of the molecule is CCCn1nnnc1CN(CCOC)CCC(=O)OC. The lowest BCUT2D eigenvalue weighted by Gasteiger charge is -2.20. The molecule has 0 aliphatic carbocycles. The van der Waals surface area contributed by atoms with Crippen LogP contribution in [0.1, 0.15) is 25.6 Å². The van der Waals surface area contributed by atoms with Crippen molar-refractivity contribution in [3.8, 4) is 0 Å². The second kappa shape index (κ2) is 9.38. The zero-order valence-corrected chi connectivity index (χ0v) is 12.4. The van der Waals surface area contributed by atoms with Crippen LogP contribution in [0.2, 0.25) is 0 Å². The van der Waals surface area contributed by atoms with Gasteiger partial charge in [0.2, 0.25) is 0 Å². The Balaban J connectivity index is 2.57. The number of rotatable bonds is 10. The zero-order valence-electron chi connectivity index (χ0n) is 12.4. The molecule has 0 spiro atoms. The van der Waals surface area contributed by atoms with Gasteiger partial charge in [0.1, 0.15) is 0 Å². The van der Waals surface area contributed by atoms with Gasteiger partial charge < -0.3 is 9.47 Å². The summed E-state index contributed by atoms with van der Waals surface area (Å²) >= 11 is 0. The number of nitrogens with zero attached hydrogens (tertiary/aromatic N) is 5. The van der Waals surface area contributed by atoms with Crippen molar-refractivity contribution < 1.29 is 14.3 Å². The summed E-state index contributed by atoms with van der Waals surface area (Å²) in [6.45, 7) is 5.36. The van der Waals surface area contributed by atoms with Gasteiger partial charge in [-0.3, -0.25) is 9.69 Å². The standard InChI is InChI=1S/C12H23N5O3/c1-4-6-17-11(13-14-15-17)10-16(8-9-19-2)7-5-12(18)20-3/h4-10H2,1-3H3. The number of hydrogen-bond donors (Lipinski definition) is 0. The highest BCUT2D eigenvalue weighted by molar-refractivity contribution is 5.69. The minimum Gasteiger partial charge on any atom is -0.469 e. The van der Waals surface area contributed by atoms with Crippen molar-refractivity contribution in [3.05, 3.63) is 5.82 Å². The lowest BCUT2D eigenvalue weighted by Crippen LogP contribution is -2.31. The van der Waals surface area contributed by atoms with Crippen molar-refractivity contribution in [1.29, 1.82) is 0 Å². The third-order valence-electron chi connectivity index (χ3n) is 2.88. The van der Waals surface area contributed by atoms with E-state index in [1.165, 1.54) is 7.11 Å². The number of tetrazole rings is 1. The number of ether oxygens (including phenoxy) is 2. The van der Waals surface area contributed by atoms with Gasteiger partial charge in [0.05, 0.1) is 26.7 Å². The first-order valence-electron chi connectivity index (χ1n) is 6.74. The molecule has 0 saturated carbocycles. The number of carbonyl (C=O) groups is 1. The van der Waals surface area contributed by atoms with Crippen molar-refractivity contribution in [2.24, 2.45) is 0 Å². The molecule has 1 aromatic heterocycles. The molecule has 0 radical (unpaired) electrons. The zero-order chi connectivity index (χ0) is 14.8. The first-order chi connectivity index (χ1) is 9.71. The molecular weight excluding hydrogens is 262 g/mol. The summed E-state index contributed by atoms with van der Waals surface area (Å²) < 4.78 is 11.5. The number of hydrogen-bond acceptors (Lipinski definition) is 7. The highest BCUT2D eigenvalue weighted by atomic mass is 16.5. The van der Waals surface area contributed by atoms with Crippen molar-refractivity contribution in [1.82, 2.24) is 25.1 Å². The van der Waals surface area contributed by atoms with E-state index < -0.39 is 0 Å². The van der Waals surface area contributed by atoms with Crippen molar-refractivity contribution >= 4 is 5.97 Å². The highest BCUT2D eigenvalue weighted by Gasteiger charge is 2.13. The number of aryl methyl sites for hydroxylation is 1. The van der Waals surface area contributed by atoms with Crippen LogP contribution >= 0.6 is 0 Å². The third kappa shape index (κ3) is 5.62. The molecule has 114 valence electrons. The molecule has 8 heteroatoms. The van der Waals surface area contributed by atoms with Crippen LogP contribution in [0.25, 0.3) is 0 Å². The Labute approximate surface area is 119 Å². The van der Waals surface area contributed by atoms with Gasteiger partial charge in [-0.2, -0.15) is 0 Å². The van der Waals surface area contributed by atoms with Crippen LogP contribution in [0.15, 0.2) is 0 Å². The molecule has 0 aliphatic heterocycles. The van der Waals surface area contributed by atoms with Crippen molar-refractivity contribution in [2.75, 3.05) is 33.9 Å². The van der Waals surface area contributed by atoms with E-state index in [0.29, 0.717) is 32.7 Å². The quantitative estimate of drug-likeness (QED) is 0.564. The molecule has 0 amide bonds. The van der Waals surface area contributed by atoms with E-state index >= 15 is 0 Å². The largest absolute Gasteiger partial charge is 0.469 e. The molecule has 0 fully saturated rings. The fraction of sp³-hybridized carbons (Fsp3) is 0.833. The number of carbonyl (C=O) groups excluding carboxylic acids is 1. The van der Waals surface area contributed by atoms with E-state index in [4.69, 9.17) is 4.74 Å². The van der Waals surface area contributed by atoms with Gasteiger partial charge in [0.25, 0.3) is 0 Å². The summed E-state index contributed by atoms with van der Waals surface area (Å²) in [6, 6.07) is 0. The summed E-state index contributed by atoms with van der Waals surface area (Å²) in [5.74, 6) is 0.577. The summed E-state index contributed by atoms with van der Waals surface area (Å²) in [6.07, 6.45) is 1.31. The van der Waals surface area contributed by atoms with E-state index in [0.717, 1.165) is 18.8 Å². The summed E-state index contributed by atoms with van der Waals surface area (Å²) in [4.78, 5) is 13.3. The number of esters is 1. The minimum absolute atomic E-state index is 0.222. The van der Waals surface area contributed by atoms with Crippen LogP contribution in [0.3, 0.4) is 0 Å². The Morgan fingerprint density at radius 1 is 1.35 bits per heavy atom. The second-order valence-electron chi connectivity index (χ2n) is 4.41. The minimum atomic E-state index is -0.222. The van der Waals surface area contributed by atoms with E-state index in [2.05, 4.69) is 32.1 Å². The van der Waals surface area contributed by atoms with Gasteiger partial charge in [-0.05, 0) is 16.8 Å². The second-order valence-corrected chi connectivity index (χ2v) is 4.41. The van der Waals surface area contributed by atoms with E-state index in [-0.39, 0.29) is 5.97 Å². The Hall–Kier alpha value is -1.54. The lowest BCUT2D eigenvalue weighted by molar-refractivity contribution is -0.141. The van der Waals surface area contributed by atoms with E-state index in [1.807, 2.05) is 0 Å². The number of aromatic nitrogens is 4. The predicted octanol–water partition coefficient (Wildman–Crippen LogP) is 0.0946. The van der Waals surface area contributed by atoms with Crippen molar-refractivity contribution in [3.63, 3.8) is 0 Å². The molecule has 0 atom stereocenters. The average Bonchev–Trinajstić information content (AvgIpc) is 2.89. The molecule has 1 heterocycles. The fourth-order valence-corrected chi connectivity index (χ4v) is 1.76. The van der Waals surface area contributed by atoms with Gasteiger partial charge in [0.15, 0.2) is 5.82 Å². The topological polar surface area (TPSA) is 82.4 Å². The van der Waals surface area contributed by atoms with Gasteiger partial charge in [-0.1, -0.05) is 6.92 Å². The molecule has 1 aromatic rings. The maximum atomic E-state index is 11.2. The van der Waals surface area contributed by atoms with Crippen molar-refractivity contribution in [2.45, 2.75) is 32.9 Å². The summed E-state index contributed by atoms with van der Waals surface area (Å²) in [5, 5.41) is 11.7. The lowest BCUT2D eigenvalue weighted by atomic mass is 10.3. The Morgan fingerprint density at radius 2 is 2.15 bits per heavy atom. The average molecular weight is 285 g/mol. The summed E-state index contributed by atoms with van der Waals surface area (Å²) in [7, 11) is 3.04. The molecule has 8 nitrogen and oxygen atoms in total. The summed E-state index contributed by atoms with van der Waals surface area (Å²) in [5.41, 5.74) is 0. The molecule has 0 unspecified atom stereocenters. The predicted molar refractivity (Wildman–Crippen MR) is 71.9 cm³/mol. The molecule has 0 bridgehead atoms. The highest BCUT2D eigenvalue weighted by Crippen LogP contribution is 2.03. The van der Waals surface area contributed by atoms with Gasteiger partial charge in [-0.25, -0.2) is 4.68 Å². The van der Waals surface area contributed by atoms with Crippen LogP contribution < -0.4 is 0 Å². The monoisotopic (exact) mass is 285 g/mol. The maximum absolute atomic E-state index is 11.2. The van der Waals surface area contributed by atoms with Crippen LogP contribution in [0.4, 0.5) is 0 Å². The Bertz CT molecular complexity index is 396. The van der Waals surface area contributed by atoms with Gasteiger partial charge in [-0.15, -0.1) is 5.10 Å².